The van der Waals surface area contributed by atoms with E-state index in [9.17, 15) is 0 Å². The second-order valence-corrected chi connectivity index (χ2v) is 4.43. The summed E-state index contributed by atoms with van der Waals surface area (Å²) in [6.45, 7) is 8.97. The Kier molecular flexibility index (Phi) is 4.85. The zero-order valence-electron chi connectivity index (χ0n) is 9.87. The Bertz CT molecular complexity index is 161. The maximum absolute atomic E-state index is 5.66. The van der Waals surface area contributed by atoms with Crippen LogP contribution in [0.2, 0.25) is 0 Å². The molecule has 2 unspecified atom stereocenters. The highest BCUT2D eigenvalue weighted by Gasteiger charge is 2.25. The monoisotopic (exact) mass is 199 g/mol. The Hall–Kier alpha value is -0.120. The average molecular weight is 199 g/mol. The number of hydrogen-bond acceptors (Lipinski definition) is 3. The lowest BCUT2D eigenvalue weighted by atomic mass is 10.1. The maximum Gasteiger partial charge on any atom is 0.0234 e. The van der Waals surface area contributed by atoms with Crippen LogP contribution < -0.4 is 5.73 Å². The van der Waals surface area contributed by atoms with Crippen molar-refractivity contribution >= 4 is 0 Å². The van der Waals surface area contributed by atoms with Gasteiger partial charge in [-0.25, -0.2) is 0 Å². The summed E-state index contributed by atoms with van der Waals surface area (Å²) < 4.78 is 0. The molecular weight excluding hydrogens is 174 g/mol. The predicted molar refractivity (Wildman–Crippen MR) is 61.4 cm³/mol. The van der Waals surface area contributed by atoms with E-state index in [2.05, 4.69) is 30.7 Å². The molecule has 1 aliphatic heterocycles. The van der Waals surface area contributed by atoms with Crippen LogP contribution in [0.5, 0.6) is 0 Å². The molecule has 0 amide bonds. The van der Waals surface area contributed by atoms with Crippen molar-refractivity contribution in [3.63, 3.8) is 0 Å². The van der Waals surface area contributed by atoms with Crippen molar-refractivity contribution < 1.29 is 0 Å². The molecule has 0 radical (unpaired) electrons. The van der Waals surface area contributed by atoms with Gasteiger partial charge in [0.1, 0.15) is 0 Å². The minimum absolute atomic E-state index is 0.650. The summed E-state index contributed by atoms with van der Waals surface area (Å²) in [6, 6.07) is 1.35. The lowest BCUT2D eigenvalue weighted by molar-refractivity contribution is 0.170. The number of nitrogens with zero attached hydrogens (tertiary/aromatic N) is 2. The van der Waals surface area contributed by atoms with E-state index in [4.69, 9.17) is 5.73 Å². The number of hydrogen-bond donors (Lipinski definition) is 1. The number of rotatable bonds is 3. The Morgan fingerprint density at radius 2 is 2.14 bits per heavy atom. The summed E-state index contributed by atoms with van der Waals surface area (Å²) in [5.74, 6) is 0. The van der Waals surface area contributed by atoms with Gasteiger partial charge in [-0.2, -0.15) is 0 Å². The molecule has 0 aromatic rings. The maximum atomic E-state index is 5.66. The van der Waals surface area contributed by atoms with Gasteiger partial charge in [0.2, 0.25) is 0 Å². The molecule has 0 saturated carbocycles. The molecule has 1 heterocycles. The van der Waals surface area contributed by atoms with Gasteiger partial charge in [0.15, 0.2) is 0 Å². The number of nitrogens with two attached hydrogens (primary N) is 1. The van der Waals surface area contributed by atoms with Crippen LogP contribution in [0.1, 0.15) is 26.7 Å². The van der Waals surface area contributed by atoms with Crippen LogP contribution in [0.25, 0.3) is 0 Å². The van der Waals surface area contributed by atoms with Gasteiger partial charge in [-0.3, -0.25) is 4.90 Å². The van der Waals surface area contributed by atoms with Crippen LogP contribution >= 0.6 is 0 Å². The second-order valence-electron chi connectivity index (χ2n) is 4.43. The summed E-state index contributed by atoms with van der Waals surface area (Å²) in [5.41, 5.74) is 5.66. The summed E-state index contributed by atoms with van der Waals surface area (Å²) in [4.78, 5) is 5.04. The second kappa shape index (κ2) is 5.69. The van der Waals surface area contributed by atoms with E-state index in [1.807, 2.05) is 0 Å². The summed E-state index contributed by atoms with van der Waals surface area (Å²) in [6.07, 6.45) is 2.41. The first-order valence-corrected chi connectivity index (χ1v) is 5.83. The van der Waals surface area contributed by atoms with E-state index in [1.165, 1.54) is 26.1 Å². The number of likely N-dealkylation sites (N-methyl/N-ethyl adjacent to an activating group) is 2. The van der Waals surface area contributed by atoms with Crippen molar-refractivity contribution in [2.24, 2.45) is 5.73 Å². The molecule has 14 heavy (non-hydrogen) atoms. The molecule has 3 nitrogen and oxygen atoms in total. The largest absolute Gasteiger partial charge is 0.330 e. The van der Waals surface area contributed by atoms with Gasteiger partial charge in [-0.1, -0.05) is 6.92 Å². The van der Waals surface area contributed by atoms with Crippen molar-refractivity contribution in [3.05, 3.63) is 0 Å². The zero-order chi connectivity index (χ0) is 10.6. The standard InChI is InChI=1S/C11H25N3/c1-4-14-8-6-10(2)13(3)11(9-14)5-7-12/h10-11H,4-9,12H2,1-3H3. The van der Waals surface area contributed by atoms with E-state index >= 15 is 0 Å². The normalized spacial score (nSPS) is 31.7. The summed E-state index contributed by atoms with van der Waals surface area (Å²) in [5, 5.41) is 0. The van der Waals surface area contributed by atoms with Crippen LogP contribution in [0.4, 0.5) is 0 Å². The summed E-state index contributed by atoms with van der Waals surface area (Å²) in [7, 11) is 2.24. The molecular formula is C11H25N3. The fourth-order valence-electron chi connectivity index (χ4n) is 2.23. The van der Waals surface area contributed by atoms with Crippen molar-refractivity contribution in [1.82, 2.24) is 9.80 Å². The van der Waals surface area contributed by atoms with Crippen molar-refractivity contribution in [3.8, 4) is 0 Å². The van der Waals surface area contributed by atoms with Crippen LogP contribution in [0.3, 0.4) is 0 Å². The lowest BCUT2D eigenvalue weighted by Gasteiger charge is -2.31. The van der Waals surface area contributed by atoms with Gasteiger partial charge in [-0.05, 0) is 46.4 Å². The van der Waals surface area contributed by atoms with E-state index in [1.54, 1.807) is 0 Å². The molecule has 0 spiro atoms. The third-order valence-electron chi connectivity index (χ3n) is 3.55. The van der Waals surface area contributed by atoms with Crippen LogP contribution in [0, 0.1) is 0 Å². The lowest BCUT2D eigenvalue weighted by Crippen LogP contribution is -2.42. The van der Waals surface area contributed by atoms with Crippen molar-refractivity contribution in [2.45, 2.75) is 38.8 Å². The summed E-state index contributed by atoms with van der Waals surface area (Å²) >= 11 is 0. The minimum atomic E-state index is 0.650. The Morgan fingerprint density at radius 1 is 1.43 bits per heavy atom. The first-order valence-electron chi connectivity index (χ1n) is 5.83. The first kappa shape index (κ1) is 12.0. The zero-order valence-corrected chi connectivity index (χ0v) is 9.87. The molecule has 1 saturated heterocycles. The highest BCUT2D eigenvalue weighted by molar-refractivity contribution is 4.82. The Morgan fingerprint density at radius 3 is 2.71 bits per heavy atom. The topological polar surface area (TPSA) is 32.5 Å². The third-order valence-corrected chi connectivity index (χ3v) is 3.55. The van der Waals surface area contributed by atoms with Gasteiger partial charge < -0.3 is 10.6 Å². The molecule has 1 aliphatic rings. The average Bonchev–Trinajstić information content (AvgIpc) is 2.32. The molecule has 1 fully saturated rings. The molecule has 0 aromatic heterocycles. The van der Waals surface area contributed by atoms with E-state index in [0.29, 0.717) is 12.1 Å². The van der Waals surface area contributed by atoms with Crippen LogP contribution in [-0.4, -0.2) is 55.1 Å². The quantitative estimate of drug-likeness (QED) is 0.728. The molecule has 0 aromatic carbocycles. The van der Waals surface area contributed by atoms with Gasteiger partial charge in [-0.15, -0.1) is 0 Å². The van der Waals surface area contributed by atoms with Crippen molar-refractivity contribution in [1.29, 1.82) is 0 Å². The fourth-order valence-corrected chi connectivity index (χ4v) is 2.23. The molecule has 3 heteroatoms. The van der Waals surface area contributed by atoms with Crippen LogP contribution in [-0.2, 0) is 0 Å². The SMILES string of the molecule is CCN1CCC(C)N(C)C(CCN)C1. The molecule has 0 bridgehead atoms. The van der Waals surface area contributed by atoms with E-state index < -0.39 is 0 Å². The minimum Gasteiger partial charge on any atom is -0.330 e. The van der Waals surface area contributed by atoms with E-state index in [0.717, 1.165) is 13.0 Å². The van der Waals surface area contributed by atoms with Gasteiger partial charge >= 0.3 is 0 Å². The Labute approximate surface area is 88.2 Å². The molecule has 1 rings (SSSR count). The fraction of sp³-hybridized carbons (Fsp3) is 1.00. The van der Waals surface area contributed by atoms with Crippen molar-refractivity contribution in [2.75, 3.05) is 33.2 Å². The van der Waals surface area contributed by atoms with E-state index in [-0.39, 0.29) is 0 Å². The highest BCUT2D eigenvalue weighted by atomic mass is 15.2. The predicted octanol–water partition coefficient (Wildman–Crippen LogP) is 0.750. The van der Waals surface area contributed by atoms with Crippen LogP contribution in [0.15, 0.2) is 0 Å². The molecule has 2 N–H and O–H groups in total. The molecule has 84 valence electrons. The van der Waals surface area contributed by atoms with Gasteiger partial charge in [0.05, 0.1) is 0 Å². The highest BCUT2D eigenvalue weighted by Crippen LogP contribution is 2.15. The third kappa shape index (κ3) is 2.94. The first-order chi connectivity index (χ1) is 6.69. The smallest absolute Gasteiger partial charge is 0.0234 e. The van der Waals surface area contributed by atoms with Gasteiger partial charge in [0, 0.05) is 18.6 Å². The van der Waals surface area contributed by atoms with Gasteiger partial charge in [0.25, 0.3) is 0 Å². The molecule has 2 atom stereocenters. The molecule has 0 aliphatic carbocycles. The Balaban J connectivity index is 2.58.